The lowest BCUT2D eigenvalue weighted by molar-refractivity contribution is -0.154. The molecule has 0 spiro atoms. The molecule has 0 bridgehead atoms. The van der Waals surface area contributed by atoms with E-state index in [0.29, 0.717) is 31.7 Å². The Labute approximate surface area is 184 Å². The van der Waals surface area contributed by atoms with Gasteiger partial charge in [0.2, 0.25) is 5.88 Å². The van der Waals surface area contributed by atoms with Crippen LogP contribution < -0.4 is 15.0 Å². The van der Waals surface area contributed by atoms with E-state index in [1.54, 1.807) is 11.0 Å². The lowest BCUT2D eigenvalue weighted by atomic mass is 10.2. The van der Waals surface area contributed by atoms with E-state index in [4.69, 9.17) is 0 Å². The van der Waals surface area contributed by atoms with Gasteiger partial charge >= 0.3 is 12.2 Å². The second kappa shape index (κ2) is 10.0. The van der Waals surface area contributed by atoms with Crippen LogP contribution in [-0.2, 0) is 6.54 Å². The monoisotopic (exact) mass is 452 g/mol. The normalized spacial score (nSPS) is 14.6. The highest BCUT2D eigenvalue weighted by Gasteiger charge is 2.28. The first kappa shape index (κ1) is 23.6. The van der Waals surface area contributed by atoms with Gasteiger partial charge in [0.25, 0.3) is 0 Å². The van der Waals surface area contributed by atoms with Gasteiger partial charge in [-0.25, -0.2) is 19.7 Å². The third-order valence-corrected chi connectivity index (χ3v) is 4.89. The molecule has 2 amide bonds. The number of amides is 2. The molecule has 3 heterocycles. The molecule has 1 N–H and O–H groups in total. The Morgan fingerprint density at radius 1 is 1.19 bits per heavy atom. The Morgan fingerprint density at radius 2 is 1.91 bits per heavy atom. The number of halogens is 3. The number of piperazine rings is 1. The minimum Gasteiger partial charge on any atom is -0.468 e. The molecule has 0 unspecified atom stereocenters. The van der Waals surface area contributed by atoms with Gasteiger partial charge in [-0.2, -0.15) is 13.2 Å². The van der Waals surface area contributed by atoms with Crippen LogP contribution in [0.25, 0.3) is 0 Å². The van der Waals surface area contributed by atoms with Crippen molar-refractivity contribution in [3.05, 3.63) is 41.5 Å². The zero-order valence-corrected chi connectivity index (χ0v) is 18.3. The van der Waals surface area contributed by atoms with Gasteiger partial charge in [-0.15, -0.1) is 0 Å². The van der Waals surface area contributed by atoms with Gasteiger partial charge in [0, 0.05) is 62.7 Å². The van der Waals surface area contributed by atoms with Gasteiger partial charge in [0.1, 0.15) is 11.6 Å². The summed E-state index contributed by atoms with van der Waals surface area (Å²) in [5.74, 6) is 1.76. The average Bonchev–Trinajstić information content (AvgIpc) is 2.75. The molecule has 0 saturated carbocycles. The Hall–Kier alpha value is -3.11. The summed E-state index contributed by atoms with van der Waals surface area (Å²) < 4.78 is 41.5. The Balaban J connectivity index is 1.50. The second-order valence-electron chi connectivity index (χ2n) is 7.92. The third kappa shape index (κ3) is 6.69. The summed E-state index contributed by atoms with van der Waals surface area (Å²) in [6, 6.07) is 4.71. The maximum absolute atomic E-state index is 12.5. The number of aromatic nitrogens is 3. The van der Waals surface area contributed by atoms with E-state index >= 15 is 0 Å². The van der Waals surface area contributed by atoms with Crippen LogP contribution in [0.15, 0.2) is 24.4 Å². The molecule has 8 nitrogen and oxygen atoms in total. The molecule has 11 heteroatoms. The number of carbonyl (C=O) groups excluding carboxylic acids is 1. The van der Waals surface area contributed by atoms with Crippen LogP contribution in [0.5, 0.6) is 5.88 Å². The molecule has 0 aromatic carbocycles. The molecule has 1 aliphatic heterocycles. The highest BCUT2D eigenvalue weighted by molar-refractivity contribution is 5.74. The van der Waals surface area contributed by atoms with Crippen molar-refractivity contribution >= 4 is 11.8 Å². The predicted molar refractivity (Wildman–Crippen MR) is 113 cm³/mol. The lowest BCUT2D eigenvalue weighted by Gasteiger charge is -2.35. The van der Waals surface area contributed by atoms with Crippen molar-refractivity contribution in [1.29, 1.82) is 0 Å². The van der Waals surface area contributed by atoms with Crippen molar-refractivity contribution in [2.24, 2.45) is 0 Å². The third-order valence-electron chi connectivity index (χ3n) is 4.89. The number of alkyl halides is 3. The molecule has 1 fully saturated rings. The van der Waals surface area contributed by atoms with E-state index in [1.807, 2.05) is 13.0 Å². The highest BCUT2D eigenvalue weighted by atomic mass is 19.4. The summed E-state index contributed by atoms with van der Waals surface area (Å²) in [5, 5.41) is 2.79. The van der Waals surface area contributed by atoms with Gasteiger partial charge < -0.3 is 19.9 Å². The standard InChI is InChI=1S/C21H27F3N6O2/c1-14(2)19-27-15(3)10-17(28-19)29-6-8-30(9-7-29)20(31)26-12-16-4-5-25-18(11-16)32-13-21(22,23)24/h4-5,10-11,14H,6-9,12-13H2,1-3H3,(H,26,31). The number of hydrogen-bond acceptors (Lipinski definition) is 6. The number of pyridine rings is 1. The summed E-state index contributed by atoms with van der Waals surface area (Å²) in [7, 11) is 0. The van der Waals surface area contributed by atoms with Crippen LogP contribution in [0, 0.1) is 6.92 Å². The first-order valence-corrected chi connectivity index (χ1v) is 10.4. The molecule has 32 heavy (non-hydrogen) atoms. The number of rotatable bonds is 6. The molecule has 1 saturated heterocycles. The van der Waals surface area contributed by atoms with E-state index in [9.17, 15) is 18.0 Å². The number of nitrogens with zero attached hydrogens (tertiary/aromatic N) is 5. The van der Waals surface area contributed by atoms with E-state index < -0.39 is 12.8 Å². The Kier molecular flexibility index (Phi) is 7.37. The van der Waals surface area contributed by atoms with Crippen LogP contribution in [0.4, 0.5) is 23.8 Å². The number of hydrogen-bond donors (Lipinski definition) is 1. The summed E-state index contributed by atoms with van der Waals surface area (Å²) in [6.07, 6.45) is -3.09. The SMILES string of the molecule is Cc1cc(N2CCN(C(=O)NCc3ccnc(OCC(F)(F)F)c3)CC2)nc(C(C)C)n1. The van der Waals surface area contributed by atoms with Crippen molar-refractivity contribution < 1.29 is 22.7 Å². The molecule has 0 aliphatic carbocycles. The Morgan fingerprint density at radius 3 is 2.56 bits per heavy atom. The van der Waals surface area contributed by atoms with Gasteiger partial charge in [0.15, 0.2) is 6.61 Å². The van der Waals surface area contributed by atoms with Crippen molar-refractivity contribution in [2.75, 3.05) is 37.7 Å². The van der Waals surface area contributed by atoms with Gasteiger partial charge in [-0.1, -0.05) is 13.8 Å². The lowest BCUT2D eigenvalue weighted by Crippen LogP contribution is -2.52. The molecule has 1 aliphatic rings. The molecule has 3 rings (SSSR count). The van der Waals surface area contributed by atoms with E-state index in [1.165, 1.54) is 12.3 Å². The molecule has 2 aromatic rings. The van der Waals surface area contributed by atoms with Crippen molar-refractivity contribution in [1.82, 2.24) is 25.2 Å². The second-order valence-corrected chi connectivity index (χ2v) is 7.92. The first-order chi connectivity index (χ1) is 15.1. The maximum Gasteiger partial charge on any atom is 0.422 e. The van der Waals surface area contributed by atoms with Crippen LogP contribution in [0.1, 0.15) is 36.8 Å². The van der Waals surface area contributed by atoms with Gasteiger partial charge in [-0.3, -0.25) is 0 Å². The van der Waals surface area contributed by atoms with Crippen molar-refractivity contribution in [2.45, 2.75) is 39.4 Å². The van der Waals surface area contributed by atoms with Crippen LogP contribution >= 0.6 is 0 Å². The number of ether oxygens (including phenoxy) is 1. The molecular formula is C21H27F3N6O2. The first-order valence-electron chi connectivity index (χ1n) is 10.4. The van der Waals surface area contributed by atoms with Crippen LogP contribution in [0.2, 0.25) is 0 Å². The number of anilines is 1. The van der Waals surface area contributed by atoms with E-state index in [-0.39, 0.29) is 24.4 Å². The van der Waals surface area contributed by atoms with Crippen LogP contribution in [0.3, 0.4) is 0 Å². The summed E-state index contributed by atoms with van der Waals surface area (Å²) in [5.41, 5.74) is 1.51. The number of carbonyl (C=O) groups is 1. The fraction of sp³-hybridized carbons (Fsp3) is 0.524. The quantitative estimate of drug-likeness (QED) is 0.724. The number of urea groups is 1. The van der Waals surface area contributed by atoms with Gasteiger partial charge in [-0.05, 0) is 18.6 Å². The highest BCUT2D eigenvalue weighted by Crippen LogP contribution is 2.19. The van der Waals surface area contributed by atoms with Gasteiger partial charge in [0.05, 0.1) is 0 Å². The number of nitrogens with one attached hydrogen (secondary N) is 1. The van der Waals surface area contributed by atoms with E-state index in [2.05, 4.69) is 43.8 Å². The maximum atomic E-state index is 12.5. The largest absolute Gasteiger partial charge is 0.468 e. The van der Waals surface area contributed by atoms with Crippen molar-refractivity contribution in [3.8, 4) is 5.88 Å². The molecule has 2 aromatic heterocycles. The minimum atomic E-state index is -4.44. The zero-order valence-electron chi connectivity index (χ0n) is 18.3. The smallest absolute Gasteiger partial charge is 0.422 e. The fourth-order valence-corrected chi connectivity index (χ4v) is 3.22. The summed E-state index contributed by atoms with van der Waals surface area (Å²) in [6.45, 7) is 7.14. The minimum absolute atomic E-state index is 0.136. The predicted octanol–water partition coefficient (Wildman–Crippen LogP) is 3.28. The molecule has 0 atom stereocenters. The number of aryl methyl sites for hydroxylation is 1. The van der Waals surface area contributed by atoms with E-state index in [0.717, 1.165) is 17.3 Å². The Bertz CT molecular complexity index is 930. The molecule has 0 radical (unpaired) electrons. The fourth-order valence-electron chi connectivity index (χ4n) is 3.22. The van der Waals surface area contributed by atoms with Crippen LogP contribution in [-0.4, -0.2) is 64.8 Å². The topological polar surface area (TPSA) is 83.5 Å². The zero-order chi connectivity index (χ0) is 23.3. The van der Waals surface area contributed by atoms with Crippen molar-refractivity contribution in [3.63, 3.8) is 0 Å². The molecule has 174 valence electrons. The summed E-state index contributed by atoms with van der Waals surface area (Å²) in [4.78, 5) is 29.3. The summed E-state index contributed by atoms with van der Waals surface area (Å²) >= 11 is 0. The molecular weight excluding hydrogens is 425 g/mol. The average molecular weight is 452 g/mol.